The van der Waals surface area contributed by atoms with E-state index < -0.39 is 72.1 Å². The summed E-state index contributed by atoms with van der Waals surface area (Å²) in [6.45, 7) is 2.33. The van der Waals surface area contributed by atoms with Crippen molar-refractivity contribution in [1.82, 2.24) is 16.0 Å². The Morgan fingerprint density at radius 2 is 1.33 bits per heavy atom. The summed E-state index contributed by atoms with van der Waals surface area (Å²) in [6.07, 6.45) is -0.616. The highest BCUT2D eigenvalue weighted by Gasteiger charge is 2.29. The number of hydrogen-bond acceptors (Lipinski definition) is 7. The first-order valence-corrected chi connectivity index (χ1v) is 14.3. The predicted octanol–water partition coefficient (Wildman–Crippen LogP) is 3.88. The van der Waals surface area contributed by atoms with Crippen LogP contribution in [0.25, 0.3) is 0 Å². The predicted molar refractivity (Wildman–Crippen MR) is 160 cm³/mol. The summed E-state index contributed by atoms with van der Waals surface area (Å²) < 4.78 is 38.0. The van der Waals surface area contributed by atoms with Gasteiger partial charge in [-0.05, 0) is 42.0 Å². The molecular weight excluding hydrogens is 588 g/mol. The fourth-order valence-electron chi connectivity index (χ4n) is 4.24. The Kier molecular flexibility index (Phi) is 13.2. The fourth-order valence-corrected chi connectivity index (χ4v) is 4.24. The zero-order valence-electron chi connectivity index (χ0n) is 24.9. The second-order valence-corrected chi connectivity index (χ2v) is 10.6. The molecule has 0 aliphatic rings. The van der Waals surface area contributed by atoms with E-state index in [0.717, 1.165) is 23.8 Å². The van der Waals surface area contributed by atoms with Gasteiger partial charge in [0.1, 0.15) is 36.4 Å². The summed E-state index contributed by atoms with van der Waals surface area (Å²) in [5.74, 6) is -5.81. The maximum Gasteiger partial charge on any atom is 0.407 e. The average Bonchev–Trinajstić information content (AvgIpc) is 3.01. The Labute approximate surface area is 259 Å². The van der Waals surface area contributed by atoms with Crippen molar-refractivity contribution in [3.63, 3.8) is 0 Å². The van der Waals surface area contributed by atoms with Crippen molar-refractivity contribution in [2.75, 3.05) is 13.2 Å². The molecule has 3 aromatic carbocycles. The monoisotopic (exact) mass is 623 g/mol. The Morgan fingerprint density at radius 3 is 1.93 bits per heavy atom. The molecule has 2 atom stereocenters. The second kappa shape index (κ2) is 17.2. The molecule has 0 radical (unpaired) electrons. The standard InChI is InChI=1S/C33H35F2N3O7/c1-21(2)16-27(37-29(40)18-36-33(43)45-19-23-12-7-4-8-13-23)31(41)38-26(17-22-10-5-3-6-11-22)28(39)20-44-32(42)30-24(34)14-9-15-25(30)35/h3-15,21,26-27H,16-20H2,1-2H3,(H,36,43)(H,37,40)(H,38,41). The molecule has 0 aromatic heterocycles. The number of carbonyl (C=O) groups excluding carboxylic acids is 5. The molecule has 0 saturated carbocycles. The lowest BCUT2D eigenvalue weighted by Gasteiger charge is -2.24. The van der Waals surface area contributed by atoms with Gasteiger partial charge in [-0.25, -0.2) is 18.4 Å². The number of Topliss-reactive ketones (excluding diaryl/α,β-unsaturated/α-hetero) is 1. The third-order valence-electron chi connectivity index (χ3n) is 6.47. The average molecular weight is 624 g/mol. The molecule has 3 amide bonds. The number of hydrogen-bond donors (Lipinski definition) is 3. The van der Waals surface area contributed by atoms with Crippen molar-refractivity contribution < 1.29 is 42.2 Å². The van der Waals surface area contributed by atoms with Crippen LogP contribution in [-0.4, -0.2) is 54.9 Å². The van der Waals surface area contributed by atoms with E-state index in [-0.39, 0.29) is 25.4 Å². The molecule has 10 nitrogen and oxygen atoms in total. The van der Waals surface area contributed by atoms with Gasteiger partial charge in [0.2, 0.25) is 11.8 Å². The highest BCUT2D eigenvalue weighted by Crippen LogP contribution is 2.14. The summed E-state index contributed by atoms with van der Waals surface area (Å²) in [4.78, 5) is 63.6. The summed E-state index contributed by atoms with van der Waals surface area (Å²) in [5.41, 5.74) is 0.496. The van der Waals surface area contributed by atoms with E-state index in [1.807, 2.05) is 19.9 Å². The van der Waals surface area contributed by atoms with E-state index in [0.29, 0.717) is 5.56 Å². The first kappa shape index (κ1) is 34.4. The van der Waals surface area contributed by atoms with Gasteiger partial charge >= 0.3 is 12.1 Å². The molecule has 3 aromatic rings. The van der Waals surface area contributed by atoms with Crippen molar-refractivity contribution in [2.24, 2.45) is 5.92 Å². The first-order valence-electron chi connectivity index (χ1n) is 14.3. The lowest BCUT2D eigenvalue weighted by molar-refractivity contribution is -0.132. The van der Waals surface area contributed by atoms with Gasteiger partial charge in [0.05, 0.1) is 6.04 Å². The highest BCUT2D eigenvalue weighted by molar-refractivity contribution is 5.96. The molecule has 45 heavy (non-hydrogen) atoms. The van der Waals surface area contributed by atoms with E-state index in [1.165, 1.54) is 0 Å². The SMILES string of the molecule is CC(C)CC(NC(=O)CNC(=O)OCc1ccccc1)C(=O)NC(Cc1ccccc1)C(=O)COC(=O)c1c(F)cccc1F. The quantitative estimate of drug-likeness (QED) is 0.218. The van der Waals surface area contributed by atoms with Gasteiger partial charge in [0.15, 0.2) is 12.4 Å². The molecule has 3 N–H and O–H groups in total. The summed E-state index contributed by atoms with van der Waals surface area (Å²) >= 11 is 0. The van der Waals surface area contributed by atoms with Gasteiger partial charge in [0, 0.05) is 0 Å². The van der Waals surface area contributed by atoms with Crippen LogP contribution in [0.2, 0.25) is 0 Å². The van der Waals surface area contributed by atoms with E-state index in [1.54, 1.807) is 54.6 Å². The van der Waals surface area contributed by atoms with Crippen molar-refractivity contribution in [2.45, 2.75) is 45.4 Å². The maximum absolute atomic E-state index is 14.0. The largest absolute Gasteiger partial charge is 0.454 e. The van der Waals surface area contributed by atoms with Gasteiger partial charge in [-0.1, -0.05) is 80.6 Å². The summed E-state index contributed by atoms with van der Waals surface area (Å²) in [6, 6.07) is 18.2. The molecule has 12 heteroatoms. The van der Waals surface area contributed by atoms with Crippen LogP contribution in [0.4, 0.5) is 13.6 Å². The van der Waals surface area contributed by atoms with Crippen molar-refractivity contribution >= 4 is 29.7 Å². The van der Waals surface area contributed by atoms with E-state index in [2.05, 4.69) is 16.0 Å². The van der Waals surface area contributed by atoms with E-state index >= 15 is 0 Å². The summed E-state index contributed by atoms with van der Waals surface area (Å²) in [7, 11) is 0. The minimum absolute atomic E-state index is 0.00798. The lowest BCUT2D eigenvalue weighted by atomic mass is 9.99. The van der Waals surface area contributed by atoms with Crippen LogP contribution in [0.3, 0.4) is 0 Å². The molecule has 0 aliphatic carbocycles. The number of nitrogens with one attached hydrogen (secondary N) is 3. The molecule has 238 valence electrons. The number of benzene rings is 3. The molecule has 3 rings (SSSR count). The number of alkyl carbamates (subject to hydrolysis) is 1. The molecule has 0 aliphatic heterocycles. The van der Waals surface area contributed by atoms with Crippen LogP contribution in [0.5, 0.6) is 0 Å². The molecule has 0 fully saturated rings. The number of ether oxygens (including phenoxy) is 2. The zero-order valence-corrected chi connectivity index (χ0v) is 24.9. The Bertz CT molecular complexity index is 1450. The van der Waals surface area contributed by atoms with E-state index in [9.17, 15) is 32.8 Å². The van der Waals surface area contributed by atoms with Gasteiger partial charge in [-0.15, -0.1) is 0 Å². The topological polar surface area (TPSA) is 140 Å². The van der Waals surface area contributed by atoms with Gasteiger partial charge < -0.3 is 25.4 Å². The molecule has 0 heterocycles. The number of carbonyl (C=O) groups is 5. The molecular formula is C33H35F2N3O7. The van der Waals surface area contributed by atoms with Gasteiger partial charge in [-0.3, -0.25) is 14.4 Å². The maximum atomic E-state index is 14.0. The number of ketones is 1. The molecule has 0 spiro atoms. The third-order valence-corrected chi connectivity index (χ3v) is 6.47. The third kappa shape index (κ3) is 11.5. The highest BCUT2D eigenvalue weighted by atomic mass is 19.1. The number of rotatable bonds is 15. The van der Waals surface area contributed by atoms with Crippen molar-refractivity contribution in [1.29, 1.82) is 0 Å². The Balaban J connectivity index is 1.63. The van der Waals surface area contributed by atoms with E-state index in [4.69, 9.17) is 9.47 Å². The van der Waals surface area contributed by atoms with Crippen LogP contribution >= 0.6 is 0 Å². The minimum atomic E-state index is -1.37. The van der Waals surface area contributed by atoms with Crippen LogP contribution in [-0.2, 0) is 36.9 Å². The van der Waals surface area contributed by atoms with Crippen LogP contribution in [0.15, 0.2) is 78.9 Å². The molecule has 0 saturated heterocycles. The van der Waals surface area contributed by atoms with Gasteiger partial charge in [0.25, 0.3) is 0 Å². The lowest BCUT2D eigenvalue weighted by Crippen LogP contribution is -2.54. The first-order chi connectivity index (χ1) is 21.5. The van der Waals surface area contributed by atoms with Crippen molar-refractivity contribution in [3.05, 3.63) is 107 Å². The molecule has 2 unspecified atom stereocenters. The molecule has 0 bridgehead atoms. The van der Waals surface area contributed by atoms with Crippen LogP contribution in [0, 0.1) is 17.6 Å². The number of amides is 3. The second-order valence-electron chi connectivity index (χ2n) is 10.6. The van der Waals surface area contributed by atoms with Crippen molar-refractivity contribution in [3.8, 4) is 0 Å². The summed E-state index contributed by atoms with van der Waals surface area (Å²) in [5, 5.41) is 7.51. The smallest absolute Gasteiger partial charge is 0.407 e. The van der Waals surface area contributed by atoms with Crippen LogP contribution < -0.4 is 16.0 Å². The fraction of sp³-hybridized carbons (Fsp3) is 0.303. The zero-order chi connectivity index (χ0) is 32.8. The van der Waals surface area contributed by atoms with Crippen LogP contribution in [0.1, 0.15) is 41.8 Å². The number of esters is 1. The number of halogens is 2. The Morgan fingerprint density at radius 1 is 0.733 bits per heavy atom. The van der Waals surface area contributed by atoms with Gasteiger partial charge in [-0.2, -0.15) is 0 Å². The Hall–Kier alpha value is -5.13. The normalized spacial score (nSPS) is 12.0. The minimum Gasteiger partial charge on any atom is -0.454 e.